The van der Waals surface area contributed by atoms with Gasteiger partial charge in [-0.25, -0.2) is 4.68 Å². The maximum atomic E-state index is 4.83. The maximum Gasteiger partial charge on any atom is 0.0661 e. The van der Waals surface area contributed by atoms with Crippen molar-refractivity contribution in [1.29, 1.82) is 0 Å². The quantitative estimate of drug-likeness (QED) is 0.875. The lowest BCUT2D eigenvalue weighted by atomic mass is 10.1. The fourth-order valence-electron chi connectivity index (χ4n) is 2.54. The molecule has 3 nitrogen and oxygen atoms in total. The molecule has 1 heterocycles. The smallest absolute Gasteiger partial charge is 0.0661 e. The summed E-state index contributed by atoms with van der Waals surface area (Å²) in [7, 11) is 2.00. The second-order valence-corrected chi connectivity index (χ2v) is 5.74. The van der Waals surface area contributed by atoms with E-state index in [0.717, 1.165) is 36.0 Å². The summed E-state index contributed by atoms with van der Waals surface area (Å²) in [6.45, 7) is 5.37. The fourth-order valence-corrected chi connectivity index (χ4v) is 2.93. The first kappa shape index (κ1) is 15.3. The van der Waals surface area contributed by atoms with E-state index >= 15 is 0 Å². The number of aromatic nitrogens is 2. The highest BCUT2D eigenvalue weighted by Gasteiger charge is 2.16. The molecule has 0 radical (unpaired) electrons. The van der Waals surface area contributed by atoms with Crippen molar-refractivity contribution in [3.63, 3.8) is 0 Å². The Bertz CT molecular complexity index is 575. The third-order valence-electron chi connectivity index (χ3n) is 3.52. The minimum Gasteiger partial charge on any atom is -0.319 e. The molecule has 0 saturated carbocycles. The first-order chi connectivity index (χ1) is 9.71. The van der Waals surface area contributed by atoms with Gasteiger partial charge < -0.3 is 5.32 Å². The lowest BCUT2D eigenvalue weighted by molar-refractivity contribution is 0.772. The van der Waals surface area contributed by atoms with Crippen LogP contribution in [0.5, 0.6) is 0 Å². The molecule has 2 rings (SSSR count). The molecule has 1 aromatic carbocycles. The summed E-state index contributed by atoms with van der Waals surface area (Å²) in [5, 5.41) is 8.06. The van der Waals surface area contributed by atoms with Crippen LogP contribution in [-0.4, -0.2) is 23.4 Å². The van der Waals surface area contributed by atoms with Crippen LogP contribution in [0.15, 0.2) is 28.7 Å². The van der Waals surface area contributed by atoms with Gasteiger partial charge in [0.15, 0.2) is 0 Å². The average Bonchev–Trinajstić information content (AvgIpc) is 2.82. The number of rotatable bonds is 6. The number of hydrogen-bond acceptors (Lipinski definition) is 2. The molecule has 0 amide bonds. The van der Waals surface area contributed by atoms with Crippen LogP contribution in [0.3, 0.4) is 0 Å². The van der Waals surface area contributed by atoms with E-state index in [2.05, 4.69) is 58.0 Å². The number of likely N-dealkylation sites (N-methyl/N-ethyl adjacent to an activating group) is 1. The van der Waals surface area contributed by atoms with Gasteiger partial charge in [0.05, 0.1) is 11.4 Å². The lowest BCUT2D eigenvalue weighted by Crippen LogP contribution is -2.12. The largest absolute Gasteiger partial charge is 0.319 e. The second kappa shape index (κ2) is 7.04. The molecule has 0 aliphatic heterocycles. The molecule has 0 spiro atoms. The average molecular weight is 336 g/mol. The molecule has 108 valence electrons. The zero-order valence-electron chi connectivity index (χ0n) is 12.4. The summed E-state index contributed by atoms with van der Waals surface area (Å²) >= 11 is 3.54. The molecule has 0 aliphatic carbocycles. The van der Waals surface area contributed by atoms with Gasteiger partial charge in [-0.1, -0.05) is 35.8 Å². The Labute approximate surface area is 129 Å². The molecule has 0 bridgehead atoms. The summed E-state index contributed by atoms with van der Waals surface area (Å²) in [6, 6.07) is 8.33. The Hall–Kier alpha value is -1.13. The SMILES string of the molecule is CCc1nn(-c2cccc(Br)c2)c(CC)c1CCNC. The highest BCUT2D eigenvalue weighted by Crippen LogP contribution is 2.22. The van der Waals surface area contributed by atoms with E-state index in [1.807, 2.05) is 13.1 Å². The number of nitrogens with one attached hydrogen (secondary N) is 1. The molecule has 0 aliphatic rings. The minimum atomic E-state index is 0.979. The van der Waals surface area contributed by atoms with E-state index in [1.165, 1.54) is 17.0 Å². The molecule has 0 saturated heterocycles. The van der Waals surface area contributed by atoms with E-state index in [1.54, 1.807) is 0 Å². The van der Waals surface area contributed by atoms with Crippen LogP contribution >= 0.6 is 15.9 Å². The highest BCUT2D eigenvalue weighted by atomic mass is 79.9. The predicted molar refractivity (Wildman–Crippen MR) is 87.7 cm³/mol. The first-order valence-corrected chi connectivity index (χ1v) is 8.00. The van der Waals surface area contributed by atoms with E-state index in [4.69, 9.17) is 5.10 Å². The van der Waals surface area contributed by atoms with Gasteiger partial charge >= 0.3 is 0 Å². The van der Waals surface area contributed by atoms with Crippen molar-refractivity contribution in [2.24, 2.45) is 0 Å². The molecular weight excluding hydrogens is 314 g/mol. The van der Waals surface area contributed by atoms with E-state index in [9.17, 15) is 0 Å². The van der Waals surface area contributed by atoms with Crippen LogP contribution in [0.2, 0.25) is 0 Å². The number of nitrogens with zero attached hydrogens (tertiary/aromatic N) is 2. The van der Waals surface area contributed by atoms with Gasteiger partial charge in [0, 0.05) is 10.2 Å². The third-order valence-corrected chi connectivity index (χ3v) is 4.01. The highest BCUT2D eigenvalue weighted by molar-refractivity contribution is 9.10. The zero-order chi connectivity index (χ0) is 14.5. The van der Waals surface area contributed by atoms with Gasteiger partial charge in [-0.3, -0.25) is 0 Å². The molecule has 20 heavy (non-hydrogen) atoms. The number of hydrogen-bond donors (Lipinski definition) is 1. The van der Waals surface area contributed by atoms with Gasteiger partial charge in [-0.2, -0.15) is 5.10 Å². The minimum absolute atomic E-state index is 0.979. The Morgan fingerprint density at radius 3 is 2.65 bits per heavy atom. The van der Waals surface area contributed by atoms with Crippen LogP contribution in [0.1, 0.15) is 30.8 Å². The summed E-state index contributed by atoms with van der Waals surface area (Å²) in [4.78, 5) is 0. The molecule has 1 N–H and O–H groups in total. The molecule has 0 fully saturated rings. The molecule has 0 unspecified atom stereocenters. The van der Waals surface area contributed by atoms with Crippen LogP contribution < -0.4 is 5.32 Å². The number of halogens is 1. The summed E-state index contributed by atoms with van der Waals surface area (Å²) < 4.78 is 3.19. The van der Waals surface area contributed by atoms with E-state index in [-0.39, 0.29) is 0 Å². The molecule has 4 heteroatoms. The Kier molecular flexibility index (Phi) is 5.38. The first-order valence-electron chi connectivity index (χ1n) is 7.21. The van der Waals surface area contributed by atoms with E-state index < -0.39 is 0 Å². The van der Waals surface area contributed by atoms with Crippen LogP contribution in [-0.2, 0) is 19.3 Å². The Morgan fingerprint density at radius 2 is 2.05 bits per heavy atom. The van der Waals surface area contributed by atoms with Crippen molar-refractivity contribution < 1.29 is 0 Å². The lowest BCUT2D eigenvalue weighted by Gasteiger charge is -2.08. The molecular formula is C16H22BrN3. The van der Waals surface area contributed by atoms with Crippen molar-refractivity contribution in [2.45, 2.75) is 33.1 Å². The normalized spacial score (nSPS) is 11.0. The zero-order valence-corrected chi connectivity index (χ0v) is 14.0. The second-order valence-electron chi connectivity index (χ2n) is 4.82. The van der Waals surface area contributed by atoms with Crippen molar-refractivity contribution in [3.05, 3.63) is 45.7 Å². The van der Waals surface area contributed by atoms with Crippen LogP contribution in [0.25, 0.3) is 5.69 Å². The molecule has 0 atom stereocenters. The van der Waals surface area contributed by atoms with Crippen molar-refractivity contribution in [3.8, 4) is 5.69 Å². The molecule has 2 aromatic rings. The van der Waals surface area contributed by atoms with Crippen molar-refractivity contribution in [2.75, 3.05) is 13.6 Å². The standard InChI is InChI=1S/C16H22BrN3/c1-4-15-14(9-10-18-3)16(5-2)20(19-15)13-8-6-7-12(17)11-13/h6-8,11,18H,4-5,9-10H2,1-3H3. The maximum absolute atomic E-state index is 4.83. The van der Waals surface area contributed by atoms with Gasteiger partial charge in [0.1, 0.15) is 0 Å². The van der Waals surface area contributed by atoms with Gasteiger partial charge in [-0.05, 0) is 56.6 Å². The number of benzene rings is 1. The Balaban J connectivity index is 2.50. The van der Waals surface area contributed by atoms with Crippen molar-refractivity contribution >= 4 is 15.9 Å². The summed E-state index contributed by atoms with van der Waals surface area (Å²) in [6.07, 6.45) is 3.02. The summed E-state index contributed by atoms with van der Waals surface area (Å²) in [5.74, 6) is 0. The van der Waals surface area contributed by atoms with Gasteiger partial charge in [0.25, 0.3) is 0 Å². The summed E-state index contributed by atoms with van der Waals surface area (Å²) in [5.41, 5.74) is 5.08. The monoisotopic (exact) mass is 335 g/mol. The van der Waals surface area contributed by atoms with E-state index in [0.29, 0.717) is 0 Å². The van der Waals surface area contributed by atoms with Crippen molar-refractivity contribution in [1.82, 2.24) is 15.1 Å². The third kappa shape index (κ3) is 3.13. The van der Waals surface area contributed by atoms with Crippen LogP contribution in [0.4, 0.5) is 0 Å². The van der Waals surface area contributed by atoms with Gasteiger partial charge in [0.2, 0.25) is 0 Å². The van der Waals surface area contributed by atoms with Crippen LogP contribution in [0, 0.1) is 0 Å². The molecule has 1 aromatic heterocycles. The Morgan fingerprint density at radius 1 is 1.25 bits per heavy atom. The van der Waals surface area contributed by atoms with Gasteiger partial charge in [-0.15, -0.1) is 0 Å². The number of aryl methyl sites for hydroxylation is 1. The fraction of sp³-hybridized carbons (Fsp3) is 0.438. The predicted octanol–water partition coefficient (Wildman–Crippen LogP) is 3.52. The topological polar surface area (TPSA) is 29.9 Å².